The monoisotopic (exact) mass is 867 g/mol. The first-order valence-electron chi connectivity index (χ1n) is 21.8. The van der Waals surface area contributed by atoms with Crippen LogP contribution in [0.4, 0.5) is 11.9 Å². The van der Waals surface area contributed by atoms with E-state index in [4.69, 9.17) is 31.4 Å². The summed E-state index contributed by atoms with van der Waals surface area (Å²) in [6.07, 6.45) is 6.02. The van der Waals surface area contributed by atoms with E-state index in [-0.39, 0.29) is 48.4 Å². The summed E-state index contributed by atoms with van der Waals surface area (Å²) in [5.74, 6) is 1.91. The fourth-order valence-electron chi connectivity index (χ4n) is 7.74. The molecule has 63 heavy (non-hydrogen) atoms. The molecule has 0 bridgehead atoms. The van der Waals surface area contributed by atoms with Crippen LogP contribution in [-0.4, -0.2) is 104 Å². The number of primary amides is 2. The number of nitrogens with zero attached hydrogens (tertiary/aromatic N) is 8. The molecule has 0 atom stereocenters. The zero-order valence-corrected chi connectivity index (χ0v) is 38.2. The third kappa shape index (κ3) is 11.2. The average molecular weight is 867 g/mol. The number of benzene rings is 2. The van der Waals surface area contributed by atoms with Crippen molar-refractivity contribution in [2.24, 2.45) is 11.5 Å². The number of imidazole rings is 2. The number of nitriles is 1. The molecule has 0 radical (unpaired) electrons. The van der Waals surface area contributed by atoms with Gasteiger partial charge < -0.3 is 40.5 Å². The lowest BCUT2D eigenvalue weighted by molar-refractivity contribution is -0.134. The molecule has 338 valence electrons. The second-order valence-electron chi connectivity index (χ2n) is 14.4. The number of nitrogen functional groups attached to an aromatic ring is 1. The number of carbonyl (C=O) groups excluding carboxylic acids is 3. The molecule has 2 aliphatic heterocycles. The molecule has 0 saturated carbocycles. The van der Waals surface area contributed by atoms with Crippen molar-refractivity contribution in [3.05, 3.63) is 65.0 Å². The van der Waals surface area contributed by atoms with Gasteiger partial charge in [0.2, 0.25) is 23.7 Å². The number of methoxy groups -OCH3 is 1. The molecule has 7 rings (SSSR count). The first-order valence-corrected chi connectivity index (χ1v) is 21.8. The number of fused-ring (bicyclic) bond motifs is 2. The fraction of sp³-hybridized carbons (Fsp3) is 0.477. The summed E-state index contributed by atoms with van der Waals surface area (Å²) in [7, 11) is 1.47. The van der Waals surface area contributed by atoms with E-state index in [1.807, 2.05) is 67.5 Å². The number of allylic oxidation sites excluding steroid dienone is 2. The number of carbonyl (C=O) groups is 3. The standard InChI is InChI=1S/C38H45BN12O6.3C2H6/c1-4-51-28(14-23(2)47-51)35(54)46-37-45-27-16-24(33(41)52)17-29(55-3)31(27)50(37)11-6-5-10-49-32-26(44-36(49)43)15-25(34(42)53)18-30(32)56-12-7-9-48-20-38(21-48)19-39(22-40)8-13-57-38;3*1-2/h5-6,14-18H,4,7-13,19-21H2,1-3H3,(H2,41,52)(H2,42,53)(H2,43,44)(H,45,46,54);3*1-2H3/b6-5+;;;. The molecule has 18 nitrogen and oxygen atoms in total. The second-order valence-corrected chi connectivity index (χ2v) is 14.4. The highest BCUT2D eigenvalue weighted by Gasteiger charge is 2.48. The predicted octanol–water partition coefficient (Wildman–Crippen LogP) is 5.70. The van der Waals surface area contributed by atoms with Gasteiger partial charge in [0, 0.05) is 63.0 Å². The summed E-state index contributed by atoms with van der Waals surface area (Å²) in [5.41, 5.74) is 21.0. The zero-order chi connectivity index (χ0) is 46.4. The molecule has 1 spiro atoms. The third-order valence-electron chi connectivity index (χ3n) is 10.4. The molecule has 2 saturated heterocycles. The average Bonchev–Trinajstić information content (AvgIpc) is 3.95. The van der Waals surface area contributed by atoms with Crippen LogP contribution in [0, 0.1) is 18.2 Å². The molecular formula is C44H63BN12O6. The van der Waals surface area contributed by atoms with E-state index in [1.54, 1.807) is 38.1 Å². The van der Waals surface area contributed by atoms with Crippen LogP contribution in [0.1, 0.15) is 91.8 Å². The SMILES string of the molecule is CC.CC.CC.CCn1nc(C)cc1C(=O)Nc1nc2cc(C(N)=O)cc(OC)c2n1C/C=C/Cn1c(N)nc2cc(C(N)=O)cc(OCCCN3CC4(CB(C#N)CCO4)C3)c21. The Bertz CT molecular complexity index is 2440. The normalized spacial score (nSPS) is 14.1. The third-order valence-corrected chi connectivity index (χ3v) is 10.4. The highest BCUT2D eigenvalue weighted by molar-refractivity contribution is 6.67. The van der Waals surface area contributed by atoms with Crippen LogP contribution in [0.2, 0.25) is 12.6 Å². The number of nitrogens with one attached hydrogen (secondary N) is 1. The fourth-order valence-corrected chi connectivity index (χ4v) is 7.74. The van der Waals surface area contributed by atoms with Gasteiger partial charge in [-0.1, -0.05) is 53.7 Å². The van der Waals surface area contributed by atoms with Crippen LogP contribution >= 0.6 is 0 Å². The minimum absolute atomic E-state index is 0.0424. The van der Waals surface area contributed by atoms with Gasteiger partial charge in [-0.25, -0.2) is 15.2 Å². The van der Waals surface area contributed by atoms with Gasteiger partial charge in [0.05, 0.1) is 36.0 Å². The summed E-state index contributed by atoms with van der Waals surface area (Å²) in [6.45, 7) is 20.1. The van der Waals surface area contributed by atoms with Gasteiger partial charge in [0.15, 0.2) is 0 Å². The molecule has 5 heterocycles. The molecule has 2 aromatic carbocycles. The molecule has 5 aromatic rings. The second kappa shape index (κ2) is 22.6. The predicted molar refractivity (Wildman–Crippen MR) is 247 cm³/mol. The van der Waals surface area contributed by atoms with Crippen molar-refractivity contribution in [2.45, 2.75) is 99.7 Å². The summed E-state index contributed by atoms with van der Waals surface area (Å²) in [4.78, 5) is 49.4. The van der Waals surface area contributed by atoms with E-state index in [1.165, 1.54) is 13.2 Å². The van der Waals surface area contributed by atoms with Gasteiger partial charge >= 0.3 is 0 Å². The number of hydrogen-bond donors (Lipinski definition) is 4. The van der Waals surface area contributed by atoms with Crippen molar-refractivity contribution in [1.82, 2.24) is 33.8 Å². The van der Waals surface area contributed by atoms with Crippen LogP contribution in [0.5, 0.6) is 11.5 Å². The minimum Gasteiger partial charge on any atom is -0.494 e. The number of rotatable bonds is 15. The summed E-state index contributed by atoms with van der Waals surface area (Å²) >= 11 is 0. The molecule has 0 unspecified atom stereocenters. The molecule has 2 fully saturated rings. The van der Waals surface area contributed by atoms with Crippen molar-refractivity contribution in [3.63, 3.8) is 0 Å². The van der Waals surface area contributed by atoms with Crippen LogP contribution in [0.3, 0.4) is 0 Å². The largest absolute Gasteiger partial charge is 0.494 e. The van der Waals surface area contributed by atoms with Crippen molar-refractivity contribution in [3.8, 4) is 17.5 Å². The highest BCUT2D eigenvalue weighted by Crippen LogP contribution is 2.36. The number of aromatic nitrogens is 6. The Morgan fingerprint density at radius 2 is 1.54 bits per heavy atom. The number of likely N-dealkylation sites (tertiary alicyclic amines) is 1. The van der Waals surface area contributed by atoms with Crippen LogP contribution < -0.4 is 32.0 Å². The van der Waals surface area contributed by atoms with E-state index in [0.717, 1.165) is 32.3 Å². The maximum atomic E-state index is 13.5. The molecule has 19 heteroatoms. The maximum absolute atomic E-state index is 13.5. The molecule has 2 aliphatic rings. The lowest BCUT2D eigenvalue weighted by Gasteiger charge is -2.52. The van der Waals surface area contributed by atoms with Crippen molar-refractivity contribution in [1.29, 1.82) is 5.26 Å². The number of nitrogens with two attached hydrogens (primary N) is 3. The minimum atomic E-state index is -0.650. The Labute approximate surface area is 369 Å². The highest BCUT2D eigenvalue weighted by atomic mass is 16.5. The molecular weight excluding hydrogens is 803 g/mol. The quantitative estimate of drug-likeness (QED) is 0.0562. The summed E-state index contributed by atoms with van der Waals surface area (Å²) in [6, 6.07) is 7.97. The Morgan fingerprint density at radius 3 is 2.14 bits per heavy atom. The number of amides is 3. The summed E-state index contributed by atoms with van der Waals surface area (Å²) < 4.78 is 23.1. The van der Waals surface area contributed by atoms with Gasteiger partial charge in [-0.05, 0) is 63.2 Å². The summed E-state index contributed by atoms with van der Waals surface area (Å²) in [5, 5.41) is 16.7. The number of ether oxygens (including phenoxy) is 3. The number of anilines is 2. The van der Waals surface area contributed by atoms with Gasteiger partial charge in [0.1, 0.15) is 28.2 Å². The van der Waals surface area contributed by atoms with E-state index >= 15 is 0 Å². The van der Waals surface area contributed by atoms with Crippen LogP contribution in [0.15, 0.2) is 42.5 Å². The molecule has 0 aliphatic carbocycles. The lowest BCUT2D eigenvalue weighted by Crippen LogP contribution is -2.65. The Morgan fingerprint density at radius 1 is 0.937 bits per heavy atom. The van der Waals surface area contributed by atoms with E-state index in [9.17, 15) is 19.6 Å². The molecule has 7 N–H and O–H groups in total. The van der Waals surface area contributed by atoms with Crippen LogP contribution in [0.25, 0.3) is 22.1 Å². The van der Waals surface area contributed by atoms with Crippen molar-refractivity contribution in [2.75, 3.05) is 51.0 Å². The lowest BCUT2D eigenvalue weighted by atomic mass is 9.42. The Kier molecular flexibility index (Phi) is 17.7. The molecule has 3 aromatic heterocycles. The molecule has 3 amide bonds. The van der Waals surface area contributed by atoms with Crippen molar-refractivity contribution >= 4 is 58.4 Å². The smallest absolute Gasteiger partial charge is 0.276 e. The Balaban J connectivity index is 0.00000139. The van der Waals surface area contributed by atoms with E-state index in [0.29, 0.717) is 71.1 Å². The van der Waals surface area contributed by atoms with Crippen LogP contribution in [-0.2, 0) is 24.4 Å². The first-order chi connectivity index (χ1) is 30.4. The first kappa shape index (κ1) is 49.3. The van der Waals surface area contributed by atoms with Gasteiger partial charge in [0.25, 0.3) is 12.6 Å². The van der Waals surface area contributed by atoms with Crippen molar-refractivity contribution < 1.29 is 28.6 Å². The van der Waals surface area contributed by atoms with Gasteiger partial charge in [-0.3, -0.25) is 29.3 Å². The van der Waals surface area contributed by atoms with E-state index in [2.05, 4.69) is 31.3 Å². The zero-order valence-electron chi connectivity index (χ0n) is 38.2. The topological polar surface area (TPSA) is 249 Å². The van der Waals surface area contributed by atoms with Gasteiger partial charge in [-0.2, -0.15) is 5.10 Å². The number of aryl methyl sites for hydroxylation is 2. The Hall–Kier alpha value is -6.39. The van der Waals surface area contributed by atoms with Gasteiger partial charge in [-0.15, -0.1) is 0 Å². The number of hydrogen-bond acceptors (Lipinski definition) is 12. The van der Waals surface area contributed by atoms with E-state index < -0.39 is 17.7 Å². The maximum Gasteiger partial charge on any atom is 0.276 e.